The molecule has 0 aromatic carbocycles. The summed E-state index contributed by atoms with van der Waals surface area (Å²) in [6.45, 7) is 1.95. The Hall–Kier alpha value is -0.810. The number of nitrogens with zero attached hydrogens (tertiary/aromatic N) is 2. The first-order valence-electron chi connectivity index (χ1n) is 4.28. The molecule has 0 radical (unpaired) electrons. The highest BCUT2D eigenvalue weighted by molar-refractivity contribution is 7.14. The van der Waals surface area contributed by atoms with E-state index in [1.165, 1.54) is 0 Å². The molecule has 2 heterocycles. The standard InChI is InChI=1S/C8H13N3OS/c1-12-6-2-3-11(4-6)8-10-7(9)5-13-8/h5-6H,2-4,9H2,1H3. The SMILES string of the molecule is COC1CCN(c2nc(N)cs2)C1. The van der Waals surface area contributed by atoms with Gasteiger partial charge in [0.1, 0.15) is 5.82 Å². The van der Waals surface area contributed by atoms with Crippen molar-refractivity contribution in [3.63, 3.8) is 0 Å². The Morgan fingerprint density at radius 2 is 2.62 bits per heavy atom. The van der Waals surface area contributed by atoms with Crippen LogP contribution in [0.2, 0.25) is 0 Å². The number of methoxy groups -OCH3 is 1. The van der Waals surface area contributed by atoms with Gasteiger partial charge in [0.25, 0.3) is 0 Å². The van der Waals surface area contributed by atoms with Crippen LogP contribution in [0.3, 0.4) is 0 Å². The van der Waals surface area contributed by atoms with Crippen molar-refractivity contribution in [2.45, 2.75) is 12.5 Å². The van der Waals surface area contributed by atoms with Crippen molar-refractivity contribution >= 4 is 22.3 Å². The molecule has 0 bridgehead atoms. The van der Waals surface area contributed by atoms with Gasteiger partial charge in [0.05, 0.1) is 6.10 Å². The Morgan fingerprint density at radius 1 is 1.77 bits per heavy atom. The normalized spacial score (nSPS) is 22.5. The molecule has 1 aromatic rings. The lowest BCUT2D eigenvalue weighted by atomic mass is 10.3. The van der Waals surface area contributed by atoms with Crippen LogP contribution in [0.5, 0.6) is 0 Å². The molecular formula is C8H13N3OS. The number of rotatable bonds is 2. The number of hydrogen-bond acceptors (Lipinski definition) is 5. The van der Waals surface area contributed by atoms with Crippen LogP contribution in [-0.4, -0.2) is 31.3 Å². The zero-order valence-electron chi connectivity index (χ0n) is 7.56. The van der Waals surface area contributed by atoms with Crippen LogP contribution in [0.4, 0.5) is 10.9 Å². The topological polar surface area (TPSA) is 51.4 Å². The minimum atomic E-state index is 0.352. The van der Waals surface area contributed by atoms with E-state index in [-0.39, 0.29) is 0 Å². The summed E-state index contributed by atoms with van der Waals surface area (Å²) in [5.74, 6) is 0.612. The highest BCUT2D eigenvalue weighted by Gasteiger charge is 2.23. The Morgan fingerprint density at radius 3 is 3.15 bits per heavy atom. The molecule has 0 spiro atoms. The van der Waals surface area contributed by atoms with E-state index in [0.29, 0.717) is 11.9 Å². The van der Waals surface area contributed by atoms with Crippen molar-refractivity contribution in [3.05, 3.63) is 5.38 Å². The van der Waals surface area contributed by atoms with Crippen molar-refractivity contribution in [2.75, 3.05) is 30.8 Å². The summed E-state index contributed by atoms with van der Waals surface area (Å²) in [6.07, 6.45) is 1.43. The zero-order chi connectivity index (χ0) is 9.26. The van der Waals surface area contributed by atoms with Crippen molar-refractivity contribution in [1.29, 1.82) is 0 Å². The molecule has 0 amide bonds. The van der Waals surface area contributed by atoms with Gasteiger partial charge in [0.15, 0.2) is 5.13 Å². The molecule has 0 aliphatic carbocycles. The maximum atomic E-state index is 5.55. The lowest BCUT2D eigenvalue weighted by Crippen LogP contribution is -2.21. The summed E-state index contributed by atoms with van der Waals surface area (Å²) in [5, 5.41) is 2.88. The fourth-order valence-electron chi connectivity index (χ4n) is 1.52. The van der Waals surface area contributed by atoms with E-state index in [1.807, 2.05) is 5.38 Å². The number of aromatic nitrogens is 1. The van der Waals surface area contributed by atoms with Crippen molar-refractivity contribution in [1.82, 2.24) is 4.98 Å². The van der Waals surface area contributed by atoms with Gasteiger partial charge in [-0.15, -0.1) is 11.3 Å². The first kappa shape index (κ1) is 8.77. The average Bonchev–Trinajstić information content (AvgIpc) is 2.71. The second-order valence-corrected chi connectivity index (χ2v) is 3.98. The van der Waals surface area contributed by atoms with Gasteiger partial charge in [-0.2, -0.15) is 0 Å². The molecule has 4 nitrogen and oxygen atoms in total. The molecule has 1 atom stereocenters. The monoisotopic (exact) mass is 199 g/mol. The maximum Gasteiger partial charge on any atom is 0.187 e. The first-order chi connectivity index (χ1) is 6.29. The molecule has 1 aliphatic rings. The Labute approximate surface area is 81.3 Å². The number of nitrogens with two attached hydrogens (primary N) is 1. The van der Waals surface area contributed by atoms with Crippen LogP contribution in [-0.2, 0) is 4.74 Å². The van der Waals surface area contributed by atoms with Gasteiger partial charge >= 0.3 is 0 Å². The summed E-state index contributed by atoms with van der Waals surface area (Å²) < 4.78 is 5.27. The number of anilines is 2. The minimum Gasteiger partial charge on any atom is -0.383 e. The summed E-state index contributed by atoms with van der Waals surface area (Å²) in [5.41, 5.74) is 5.55. The van der Waals surface area contributed by atoms with E-state index in [0.717, 1.165) is 24.6 Å². The third-order valence-corrected chi connectivity index (χ3v) is 3.18. The highest BCUT2D eigenvalue weighted by atomic mass is 32.1. The molecule has 2 rings (SSSR count). The van der Waals surface area contributed by atoms with Crippen LogP contribution in [0.25, 0.3) is 0 Å². The number of hydrogen-bond donors (Lipinski definition) is 1. The maximum absolute atomic E-state index is 5.55. The van der Waals surface area contributed by atoms with E-state index in [4.69, 9.17) is 10.5 Å². The van der Waals surface area contributed by atoms with Crippen molar-refractivity contribution < 1.29 is 4.74 Å². The van der Waals surface area contributed by atoms with E-state index in [2.05, 4.69) is 9.88 Å². The summed E-state index contributed by atoms with van der Waals surface area (Å²) in [4.78, 5) is 6.45. The van der Waals surface area contributed by atoms with Crippen LogP contribution in [0.15, 0.2) is 5.38 Å². The fraction of sp³-hybridized carbons (Fsp3) is 0.625. The predicted molar refractivity (Wildman–Crippen MR) is 54.2 cm³/mol. The Bertz CT molecular complexity index is 289. The van der Waals surface area contributed by atoms with Crippen molar-refractivity contribution in [2.24, 2.45) is 0 Å². The van der Waals surface area contributed by atoms with Gasteiger partial charge in [-0.05, 0) is 6.42 Å². The third-order valence-electron chi connectivity index (χ3n) is 2.26. The van der Waals surface area contributed by atoms with Crippen LogP contribution < -0.4 is 10.6 Å². The van der Waals surface area contributed by atoms with Gasteiger partial charge in [-0.25, -0.2) is 4.98 Å². The molecule has 1 aromatic heterocycles. The van der Waals surface area contributed by atoms with E-state index in [9.17, 15) is 0 Å². The zero-order valence-corrected chi connectivity index (χ0v) is 8.38. The minimum absolute atomic E-state index is 0.352. The van der Waals surface area contributed by atoms with Gasteiger partial charge in [0, 0.05) is 25.6 Å². The largest absolute Gasteiger partial charge is 0.383 e. The molecule has 1 fully saturated rings. The number of thiazole rings is 1. The van der Waals surface area contributed by atoms with Crippen LogP contribution >= 0.6 is 11.3 Å². The molecule has 13 heavy (non-hydrogen) atoms. The molecule has 0 saturated carbocycles. The fourth-order valence-corrected chi connectivity index (χ4v) is 2.27. The molecule has 1 saturated heterocycles. The van der Waals surface area contributed by atoms with Crippen molar-refractivity contribution in [3.8, 4) is 0 Å². The van der Waals surface area contributed by atoms with Crippen LogP contribution in [0.1, 0.15) is 6.42 Å². The van der Waals surface area contributed by atoms with E-state index in [1.54, 1.807) is 18.4 Å². The quantitative estimate of drug-likeness (QED) is 0.770. The second kappa shape index (κ2) is 3.51. The molecular weight excluding hydrogens is 186 g/mol. The first-order valence-corrected chi connectivity index (χ1v) is 5.16. The second-order valence-electron chi connectivity index (χ2n) is 3.15. The lowest BCUT2D eigenvalue weighted by molar-refractivity contribution is 0.121. The molecule has 1 aliphatic heterocycles. The van der Waals surface area contributed by atoms with E-state index < -0.39 is 0 Å². The van der Waals surface area contributed by atoms with Gasteiger partial charge in [-0.3, -0.25) is 0 Å². The predicted octanol–water partition coefficient (Wildman–Crippen LogP) is 0.950. The molecule has 2 N–H and O–H groups in total. The highest BCUT2D eigenvalue weighted by Crippen LogP contribution is 2.25. The van der Waals surface area contributed by atoms with Gasteiger partial charge in [0.2, 0.25) is 0 Å². The summed E-state index contributed by atoms with van der Waals surface area (Å²) in [7, 11) is 1.75. The molecule has 1 unspecified atom stereocenters. The average molecular weight is 199 g/mol. The summed E-state index contributed by atoms with van der Waals surface area (Å²) >= 11 is 1.59. The third kappa shape index (κ3) is 1.76. The Balaban J connectivity index is 2.03. The van der Waals surface area contributed by atoms with Gasteiger partial charge in [-0.1, -0.05) is 0 Å². The van der Waals surface area contributed by atoms with Crippen LogP contribution in [0, 0.1) is 0 Å². The number of nitrogen functional groups attached to an aromatic ring is 1. The smallest absolute Gasteiger partial charge is 0.187 e. The molecule has 72 valence electrons. The van der Waals surface area contributed by atoms with E-state index >= 15 is 0 Å². The molecule has 5 heteroatoms. The van der Waals surface area contributed by atoms with Gasteiger partial charge < -0.3 is 15.4 Å². The number of ether oxygens (including phenoxy) is 1. The summed E-state index contributed by atoms with van der Waals surface area (Å²) in [6, 6.07) is 0. The Kier molecular flexibility index (Phi) is 2.37. The lowest BCUT2D eigenvalue weighted by Gasteiger charge is -2.13.